The molecular weight excluding hydrogens is 338 g/mol. The maximum Gasteiger partial charge on any atom is 0.119 e. The van der Waals surface area contributed by atoms with Crippen molar-refractivity contribution in [1.29, 1.82) is 0 Å². The molecule has 20 heavy (non-hydrogen) atoms. The zero-order valence-corrected chi connectivity index (χ0v) is 13.7. The Morgan fingerprint density at radius 1 is 1.15 bits per heavy atom. The number of nitrogens with one attached hydrogen (secondary N) is 1. The normalized spacial score (nSPS) is 10.3. The number of ether oxygens (including phenoxy) is 1. The predicted molar refractivity (Wildman–Crippen MR) is 88.7 cm³/mol. The van der Waals surface area contributed by atoms with Gasteiger partial charge in [0.1, 0.15) is 5.75 Å². The Labute approximate surface area is 133 Å². The molecule has 2 rings (SSSR count). The highest BCUT2D eigenvalue weighted by molar-refractivity contribution is 9.10. The third-order valence-electron chi connectivity index (χ3n) is 2.83. The van der Waals surface area contributed by atoms with Gasteiger partial charge in [0, 0.05) is 6.54 Å². The quantitative estimate of drug-likeness (QED) is 0.739. The van der Waals surface area contributed by atoms with E-state index in [2.05, 4.69) is 40.3 Å². The number of hydrogen-bond donors (Lipinski definition) is 1. The highest BCUT2D eigenvalue weighted by atomic mass is 79.9. The van der Waals surface area contributed by atoms with Gasteiger partial charge in [0.25, 0.3) is 0 Å². The molecule has 0 unspecified atom stereocenters. The van der Waals surface area contributed by atoms with E-state index in [1.807, 2.05) is 30.3 Å². The molecule has 0 aliphatic carbocycles. The molecule has 0 aliphatic rings. The third-order valence-corrected chi connectivity index (χ3v) is 4.23. The second kappa shape index (κ2) is 7.55. The molecule has 0 saturated heterocycles. The Hall–Kier alpha value is -1.19. The van der Waals surface area contributed by atoms with Crippen LogP contribution in [-0.2, 0) is 6.54 Å². The lowest BCUT2D eigenvalue weighted by molar-refractivity contribution is 0.317. The summed E-state index contributed by atoms with van der Waals surface area (Å²) >= 11 is 9.54. The summed E-state index contributed by atoms with van der Waals surface area (Å²) in [7, 11) is 0. The lowest BCUT2D eigenvalue weighted by Crippen LogP contribution is -2.00. The minimum absolute atomic E-state index is 0.707. The molecule has 106 valence electrons. The SMILES string of the molecule is CCCOc1ccc(CNc2cccc(Cl)c2Br)cc1. The Morgan fingerprint density at radius 3 is 2.60 bits per heavy atom. The van der Waals surface area contributed by atoms with Crippen molar-refractivity contribution in [2.75, 3.05) is 11.9 Å². The van der Waals surface area contributed by atoms with Gasteiger partial charge in [-0.3, -0.25) is 0 Å². The van der Waals surface area contributed by atoms with Crippen LogP contribution in [0.2, 0.25) is 5.02 Å². The van der Waals surface area contributed by atoms with E-state index in [0.717, 1.165) is 35.5 Å². The van der Waals surface area contributed by atoms with Gasteiger partial charge in [-0.1, -0.05) is 36.7 Å². The zero-order valence-electron chi connectivity index (χ0n) is 11.3. The maximum atomic E-state index is 6.06. The molecular formula is C16H17BrClNO. The minimum atomic E-state index is 0.707. The van der Waals surface area contributed by atoms with Crippen molar-refractivity contribution in [3.63, 3.8) is 0 Å². The van der Waals surface area contributed by atoms with E-state index in [0.29, 0.717) is 5.02 Å². The van der Waals surface area contributed by atoms with E-state index in [4.69, 9.17) is 16.3 Å². The molecule has 0 spiro atoms. The van der Waals surface area contributed by atoms with Crippen LogP contribution >= 0.6 is 27.5 Å². The highest BCUT2D eigenvalue weighted by Gasteiger charge is 2.03. The molecule has 1 N–H and O–H groups in total. The van der Waals surface area contributed by atoms with E-state index in [1.165, 1.54) is 5.56 Å². The largest absolute Gasteiger partial charge is 0.494 e. The van der Waals surface area contributed by atoms with Crippen molar-refractivity contribution >= 4 is 33.2 Å². The Bertz CT molecular complexity index is 557. The fraction of sp³-hybridized carbons (Fsp3) is 0.250. The van der Waals surface area contributed by atoms with Gasteiger partial charge in [0.05, 0.1) is 21.8 Å². The number of anilines is 1. The molecule has 0 amide bonds. The van der Waals surface area contributed by atoms with Crippen molar-refractivity contribution in [1.82, 2.24) is 0 Å². The molecule has 2 nitrogen and oxygen atoms in total. The van der Waals surface area contributed by atoms with Crippen LogP contribution < -0.4 is 10.1 Å². The van der Waals surface area contributed by atoms with Gasteiger partial charge in [0.15, 0.2) is 0 Å². The van der Waals surface area contributed by atoms with Crippen LogP contribution in [0, 0.1) is 0 Å². The summed E-state index contributed by atoms with van der Waals surface area (Å²) in [4.78, 5) is 0. The van der Waals surface area contributed by atoms with Crippen LogP contribution in [0.25, 0.3) is 0 Å². The van der Waals surface area contributed by atoms with E-state index in [9.17, 15) is 0 Å². The number of halogens is 2. The van der Waals surface area contributed by atoms with E-state index >= 15 is 0 Å². The monoisotopic (exact) mass is 353 g/mol. The van der Waals surface area contributed by atoms with Gasteiger partial charge >= 0.3 is 0 Å². The fourth-order valence-corrected chi connectivity index (χ4v) is 2.34. The summed E-state index contributed by atoms with van der Waals surface area (Å²) in [6, 6.07) is 13.9. The Kier molecular flexibility index (Phi) is 5.74. The van der Waals surface area contributed by atoms with Gasteiger partial charge in [-0.2, -0.15) is 0 Å². The van der Waals surface area contributed by atoms with Crippen molar-refractivity contribution in [2.45, 2.75) is 19.9 Å². The molecule has 0 aromatic heterocycles. The summed E-state index contributed by atoms with van der Waals surface area (Å²) in [5, 5.41) is 4.07. The summed E-state index contributed by atoms with van der Waals surface area (Å²) in [5.74, 6) is 0.916. The summed E-state index contributed by atoms with van der Waals surface area (Å²) in [6.45, 7) is 3.60. The summed E-state index contributed by atoms with van der Waals surface area (Å²) < 4.78 is 6.46. The Balaban J connectivity index is 1.95. The van der Waals surface area contributed by atoms with Crippen LogP contribution in [-0.4, -0.2) is 6.61 Å². The van der Waals surface area contributed by atoms with E-state index < -0.39 is 0 Å². The maximum absolute atomic E-state index is 6.06. The van der Waals surface area contributed by atoms with Gasteiger partial charge in [-0.05, 0) is 52.2 Å². The van der Waals surface area contributed by atoms with Crippen molar-refractivity contribution in [2.24, 2.45) is 0 Å². The minimum Gasteiger partial charge on any atom is -0.494 e. The molecule has 0 bridgehead atoms. The number of rotatable bonds is 6. The first-order chi connectivity index (χ1) is 9.70. The van der Waals surface area contributed by atoms with Crippen LogP contribution in [0.15, 0.2) is 46.9 Å². The first-order valence-electron chi connectivity index (χ1n) is 6.60. The van der Waals surface area contributed by atoms with E-state index in [-0.39, 0.29) is 0 Å². The van der Waals surface area contributed by atoms with Gasteiger partial charge in [-0.15, -0.1) is 0 Å². The molecule has 0 fully saturated rings. The lowest BCUT2D eigenvalue weighted by Gasteiger charge is -2.10. The second-order valence-electron chi connectivity index (χ2n) is 4.45. The first kappa shape index (κ1) is 15.2. The average molecular weight is 355 g/mol. The molecule has 0 aliphatic heterocycles. The standard InChI is InChI=1S/C16H17BrClNO/c1-2-10-20-13-8-6-12(7-9-13)11-19-15-5-3-4-14(18)16(15)17/h3-9,19H,2,10-11H2,1H3. The van der Waals surface area contributed by atoms with Crippen molar-refractivity contribution in [3.8, 4) is 5.75 Å². The summed E-state index contributed by atoms with van der Waals surface area (Å²) in [6.07, 6.45) is 1.02. The number of benzene rings is 2. The summed E-state index contributed by atoms with van der Waals surface area (Å²) in [5.41, 5.74) is 2.18. The van der Waals surface area contributed by atoms with Crippen LogP contribution in [0.4, 0.5) is 5.69 Å². The molecule has 2 aromatic rings. The molecule has 4 heteroatoms. The van der Waals surface area contributed by atoms with Crippen LogP contribution in [0.3, 0.4) is 0 Å². The highest BCUT2D eigenvalue weighted by Crippen LogP contribution is 2.30. The van der Waals surface area contributed by atoms with Gasteiger partial charge < -0.3 is 10.1 Å². The van der Waals surface area contributed by atoms with Crippen LogP contribution in [0.5, 0.6) is 5.75 Å². The first-order valence-corrected chi connectivity index (χ1v) is 7.77. The second-order valence-corrected chi connectivity index (χ2v) is 5.65. The molecule has 0 atom stereocenters. The third kappa shape index (κ3) is 4.15. The Morgan fingerprint density at radius 2 is 1.90 bits per heavy atom. The molecule has 0 radical (unpaired) electrons. The smallest absolute Gasteiger partial charge is 0.119 e. The number of hydrogen-bond acceptors (Lipinski definition) is 2. The van der Waals surface area contributed by atoms with Crippen LogP contribution in [0.1, 0.15) is 18.9 Å². The molecule has 2 aromatic carbocycles. The predicted octanol–water partition coefficient (Wildman–Crippen LogP) is 5.50. The zero-order chi connectivity index (χ0) is 14.4. The van der Waals surface area contributed by atoms with Gasteiger partial charge in [-0.25, -0.2) is 0 Å². The molecule has 0 saturated carbocycles. The van der Waals surface area contributed by atoms with Crippen molar-refractivity contribution < 1.29 is 4.74 Å². The lowest BCUT2D eigenvalue weighted by atomic mass is 10.2. The van der Waals surface area contributed by atoms with Crippen molar-refractivity contribution in [3.05, 3.63) is 57.5 Å². The molecule has 0 heterocycles. The van der Waals surface area contributed by atoms with E-state index in [1.54, 1.807) is 0 Å². The fourth-order valence-electron chi connectivity index (χ4n) is 1.76. The van der Waals surface area contributed by atoms with Gasteiger partial charge in [0.2, 0.25) is 0 Å². The topological polar surface area (TPSA) is 21.3 Å². The average Bonchev–Trinajstić information content (AvgIpc) is 2.48.